The zero-order valence-electron chi connectivity index (χ0n) is 11.2. The van der Waals surface area contributed by atoms with Gasteiger partial charge < -0.3 is 15.2 Å². The minimum Gasteiger partial charge on any atom is -0.475 e. The molecule has 7 heteroatoms. The third-order valence-corrected chi connectivity index (χ3v) is 2.75. The molecule has 0 aliphatic rings. The van der Waals surface area contributed by atoms with Crippen molar-refractivity contribution in [1.82, 2.24) is 4.98 Å². The molecule has 0 radical (unpaired) electrons. The summed E-state index contributed by atoms with van der Waals surface area (Å²) in [5.74, 6) is 0.417. The number of anilines is 1. The van der Waals surface area contributed by atoms with Crippen molar-refractivity contribution in [3.63, 3.8) is 0 Å². The van der Waals surface area contributed by atoms with E-state index in [9.17, 15) is 10.1 Å². The summed E-state index contributed by atoms with van der Waals surface area (Å²) in [7, 11) is 0. The maximum atomic E-state index is 10.9. The standard InChI is InChI=1S/C14H15N3O4/c18-7-8-21-14-6-5-12(10-16-14)15-9-11-3-1-2-4-13(11)17(19)20/h1-6,10,15,18H,7-9H2. The molecule has 2 N–H and O–H groups in total. The molecular weight excluding hydrogens is 274 g/mol. The summed E-state index contributed by atoms with van der Waals surface area (Å²) in [6.07, 6.45) is 1.57. The number of hydrogen-bond donors (Lipinski definition) is 2. The summed E-state index contributed by atoms with van der Waals surface area (Å²) >= 11 is 0. The van der Waals surface area contributed by atoms with Crippen LogP contribution < -0.4 is 10.1 Å². The average molecular weight is 289 g/mol. The van der Waals surface area contributed by atoms with Crippen molar-refractivity contribution >= 4 is 11.4 Å². The first-order valence-corrected chi connectivity index (χ1v) is 6.36. The Morgan fingerprint density at radius 3 is 2.76 bits per heavy atom. The number of nitrogens with one attached hydrogen (secondary N) is 1. The molecule has 21 heavy (non-hydrogen) atoms. The van der Waals surface area contributed by atoms with Gasteiger partial charge in [0.2, 0.25) is 5.88 Å². The lowest BCUT2D eigenvalue weighted by Crippen LogP contribution is -2.05. The molecule has 0 aliphatic heterocycles. The van der Waals surface area contributed by atoms with Crippen molar-refractivity contribution in [1.29, 1.82) is 0 Å². The van der Waals surface area contributed by atoms with Crippen molar-refractivity contribution in [3.8, 4) is 5.88 Å². The molecule has 7 nitrogen and oxygen atoms in total. The molecule has 0 bridgehead atoms. The average Bonchev–Trinajstić information content (AvgIpc) is 2.52. The number of pyridine rings is 1. The Morgan fingerprint density at radius 1 is 1.29 bits per heavy atom. The molecule has 110 valence electrons. The number of aliphatic hydroxyl groups excluding tert-OH is 1. The minimum absolute atomic E-state index is 0.0701. The van der Waals surface area contributed by atoms with Crippen molar-refractivity contribution in [2.45, 2.75) is 6.54 Å². The number of aliphatic hydroxyl groups is 1. The van der Waals surface area contributed by atoms with Crippen LogP contribution in [0.1, 0.15) is 5.56 Å². The summed E-state index contributed by atoms with van der Waals surface area (Å²) < 4.78 is 5.15. The molecule has 0 spiro atoms. The van der Waals surface area contributed by atoms with Crippen LogP contribution in [0.25, 0.3) is 0 Å². The Labute approximate surface area is 121 Å². The Balaban J connectivity index is 1.98. The largest absolute Gasteiger partial charge is 0.475 e. The second-order valence-electron chi connectivity index (χ2n) is 4.20. The van der Waals surface area contributed by atoms with E-state index in [1.54, 1.807) is 36.5 Å². The lowest BCUT2D eigenvalue weighted by molar-refractivity contribution is -0.385. The summed E-state index contributed by atoms with van der Waals surface area (Å²) in [6, 6.07) is 9.99. The number of nitro groups is 1. The Kier molecular flexibility index (Phi) is 5.05. The highest BCUT2D eigenvalue weighted by atomic mass is 16.6. The number of para-hydroxylation sites is 1. The van der Waals surface area contributed by atoms with E-state index in [0.29, 0.717) is 18.0 Å². The van der Waals surface area contributed by atoms with Gasteiger partial charge in [-0.1, -0.05) is 18.2 Å². The number of aromatic nitrogens is 1. The molecule has 2 aromatic rings. The molecule has 2 rings (SSSR count). The number of nitrogens with zero attached hydrogens (tertiary/aromatic N) is 2. The third-order valence-electron chi connectivity index (χ3n) is 2.75. The van der Waals surface area contributed by atoms with E-state index in [4.69, 9.17) is 9.84 Å². The predicted molar refractivity (Wildman–Crippen MR) is 77.2 cm³/mol. The summed E-state index contributed by atoms with van der Waals surface area (Å²) in [4.78, 5) is 14.6. The highest BCUT2D eigenvalue weighted by molar-refractivity contribution is 5.46. The number of hydrogen-bond acceptors (Lipinski definition) is 6. The van der Waals surface area contributed by atoms with E-state index in [2.05, 4.69) is 10.3 Å². The van der Waals surface area contributed by atoms with Gasteiger partial charge in [-0.25, -0.2) is 4.98 Å². The van der Waals surface area contributed by atoms with Crippen LogP contribution in [0.3, 0.4) is 0 Å². The van der Waals surface area contributed by atoms with Gasteiger partial charge in [-0.15, -0.1) is 0 Å². The normalized spacial score (nSPS) is 10.1. The first kappa shape index (κ1) is 14.7. The topological polar surface area (TPSA) is 97.5 Å². The monoisotopic (exact) mass is 289 g/mol. The fraction of sp³-hybridized carbons (Fsp3) is 0.214. The lowest BCUT2D eigenvalue weighted by atomic mass is 10.2. The van der Waals surface area contributed by atoms with Crippen molar-refractivity contribution in [2.24, 2.45) is 0 Å². The number of benzene rings is 1. The van der Waals surface area contributed by atoms with E-state index in [1.165, 1.54) is 6.07 Å². The van der Waals surface area contributed by atoms with Crippen LogP contribution in [0.15, 0.2) is 42.6 Å². The van der Waals surface area contributed by atoms with E-state index in [0.717, 1.165) is 5.69 Å². The Morgan fingerprint density at radius 2 is 2.10 bits per heavy atom. The van der Waals surface area contributed by atoms with E-state index < -0.39 is 4.92 Å². The molecule has 0 saturated heterocycles. The fourth-order valence-corrected chi connectivity index (χ4v) is 1.76. The third kappa shape index (κ3) is 4.15. The minimum atomic E-state index is -0.402. The zero-order chi connectivity index (χ0) is 15.1. The van der Waals surface area contributed by atoms with Gasteiger partial charge >= 0.3 is 0 Å². The zero-order valence-corrected chi connectivity index (χ0v) is 11.2. The van der Waals surface area contributed by atoms with Gasteiger partial charge in [0.05, 0.1) is 23.4 Å². The second-order valence-corrected chi connectivity index (χ2v) is 4.20. The highest BCUT2D eigenvalue weighted by Crippen LogP contribution is 2.19. The molecule has 1 aromatic carbocycles. The van der Waals surface area contributed by atoms with Crippen LogP contribution in [0.2, 0.25) is 0 Å². The van der Waals surface area contributed by atoms with E-state index in [-0.39, 0.29) is 18.9 Å². The first-order valence-electron chi connectivity index (χ1n) is 6.36. The van der Waals surface area contributed by atoms with Crippen molar-refractivity contribution in [3.05, 3.63) is 58.3 Å². The van der Waals surface area contributed by atoms with Crippen LogP contribution in [0, 0.1) is 10.1 Å². The molecule has 0 aliphatic carbocycles. The number of nitro benzene ring substituents is 1. The van der Waals surface area contributed by atoms with Gasteiger partial charge in [0, 0.05) is 24.2 Å². The van der Waals surface area contributed by atoms with Gasteiger partial charge in [-0.05, 0) is 6.07 Å². The Hall–Kier alpha value is -2.67. The van der Waals surface area contributed by atoms with Gasteiger partial charge in [0.25, 0.3) is 5.69 Å². The second kappa shape index (κ2) is 7.20. The molecule has 0 amide bonds. The number of rotatable bonds is 7. The first-order chi connectivity index (χ1) is 10.2. The maximum absolute atomic E-state index is 10.9. The van der Waals surface area contributed by atoms with Crippen LogP contribution in [0.5, 0.6) is 5.88 Å². The smallest absolute Gasteiger partial charge is 0.274 e. The van der Waals surface area contributed by atoms with E-state index >= 15 is 0 Å². The van der Waals surface area contributed by atoms with Gasteiger partial charge in [0.15, 0.2) is 0 Å². The molecule has 0 fully saturated rings. The lowest BCUT2D eigenvalue weighted by Gasteiger charge is -2.08. The molecule has 0 unspecified atom stereocenters. The van der Waals surface area contributed by atoms with Crippen LogP contribution in [-0.2, 0) is 6.54 Å². The van der Waals surface area contributed by atoms with Gasteiger partial charge in [-0.3, -0.25) is 10.1 Å². The van der Waals surface area contributed by atoms with E-state index in [1.807, 2.05) is 0 Å². The summed E-state index contributed by atoms with van der Waals surface area (Å²) in [6.45, 7) is 0.449. The van der Waals surface area contributed by atoms with Crippen LogP contribution in [-0.4, -0.2) is 28.2 Å². The molecule has 0 saturated carbocycles. The van der Waals surface area contributed by atoms with Crippen LogP contribution in [0.4, 0.5) is 11.4 Å². The highest BCUT2D eigenvalue weighted by Gasteiger charge is 2.11. The quantitative estimate of drug-likeness (QED) is 0.597. The molecular formula is C14H15N3O4. The summed E-state index contributed by atoms with van der Waals surface area (Å²) in [5.41, 5.74) is 1.41. The summed E-state index contributed by atoms with van der Waals surface area (Å²) in [5, 5.41) is 22.6. The van der Waals surface area contributed by atoms with Crippen molar-refractivity contribution in [2.75, 3.05) is 18.5 Å². The van der Waals surface area contributed by atoms with Gasteiger partial charge in [0.1, 0.15) is 6.61 Å². The Bertz CT molecular complexity index is 601. The molecule has 1 aromatic heterocycles. The predicted octanol–water partition coefficient (Wildman–Crippen LogP) is 1.97. The van der Waals surface area contributed by atoms with Crippen molar-refractivity contribution < 1.29 is 14.8 Å². The maximum Gasteiger partial charge on any atom is 0.274 e. The van der Waals surface area contributed by atoms with Gasteiger partial charge in [-0.2, -0.15) is 0 Å². The molecule has 1 heterocycles. The number of ether oxygens (including phenoxy) is 1. The molecule has 0 atom stereocenters. The van der Waals surface area contributed by atoms with Crippen LogP contribution >= 0.6 is 0 Å². The SMILES string of the molecule is O=[N+]([O-])c1ccccc1CNc1ccc(OCCO)nc1. The fourth-order valence-electron chi connectivity index (χ4n) is 1.76.